The molecule has 0 heterocycles. The maximum atomic E-state index is 13.3. The fourth-order valence-corrected chi connectivity index (χ4v) is 1.96. The van der Waals surface area contributed by atoms with Gasteiger partial charge >= 0.3 is 0 Å². The molecular formula is C16H15FO3. The summed E-state index contributed by atoms with van der Waals surface area (Å²) in [5, 5.41) is 0. The van der Waals surface area contributed by atoms with E-state index in [1.165, 1.54) is 25.3 Å². The van der Waals surface area contributed by atoms with Gasteiger partial charge in [0.25, 0.3) is 0 Å². The molecule has 4 heteroatoms. The molecule has 0 aliphatic carbocycles. The zero-order valence-corrected chi connectivity index (χ0v) is 11.4. The second-order valence-corrected chi connectivity index (χ2v) is 4.26. The number of methoxy groups -OCH3 is 2. The van der Waals surface area contributed by atoms with Crippen molar-refractivity contribution in [1.29, 1.82) is 0 Å². The minimum atomic E-state index is -0.485. The standard InChI is InChI=1S/C16H15FO3/c1-19-15-6-4-3-5-12(15)9-14(18)11-7-8-13(17)16(10-11)20-2/h3-8,10H,9H2,1-2H3. The van der Waals surface area contributed by atoms with E-state index < -0.39 is 5.82 Å². The Balaban J connectivity index is 2.24. The summed E-state index contributed by atoms with van der Waals surface area (Å²) in [6.45, 7) is 0. The van der Waals surface area contributed by atoms with Gasteiger partial charge in [0.1, 0.15) is 5.75 Å². The number of Topliss-reactive ketones (excluding diaryl/α,β-unsaturated/α-hetero) is 1. The third-order valence-electron chi connectivity index (χ3n) is 3.02. The van der Waals surface area contributed by atoms with Gasteiger partial charge < -0.3 is 9.47 Å². The van der Waals surface area contributed by atoms with E-state index >= 15 is 0 Å². The average molecular weight is 274 g/mol. The Morgan fingerprint density at radius 1 is 1.05 bits per heavy atom. The van der Waals surface area contributed by atoms with E-state index in [-0.39, 0.29) is 18.0 Å². The molecule has 0 amide bonds. The highest BCUT2D eigenvalue weighted by atomic mass is 19.1. The lowest BCUT2D eigenvalue weighted by Gasteiger charge is -2.08. The van der Waals surface area contributed by atoms with Gasteiger partial charge in [-0.2, -0.15) is 0 Å². The van der Waals surface area contributed by atoms with Crippen LogP contribution in [-0.2, 0) is 6.42 Å². The molecule has 104 valence electrons. The summed E-state index contributed by atoms with van der Waals surface area (Å²) in [4.78, 5) is 12.2. The van der Waals surface area contributed by atoms with Crippen LogP contribution in [0.1, 0.15) is 15.9 Å². The van der Waals surface area contributed by atoms with Crippen molar-refractivity contribution in [1.82, 2.24) is 0 Å². The first-order chi connectivity index (χ1) is 9.65. The fourth-order valence-electron chi connectivity index (χ4n) is 1.96. The van der Waals surface area contributed by atoms with Crippen LogP contribution in [0.4, 0.5) is 4.39 Å². The van der Waals surface area contributed by atoms with Gasteiger partial charge in [0, 0.05) is 17.5 Å². The highest BCUT2D eigenvalue weighted by molar-refractivity contribution is 5.98. The first-order valence-electron chi connectivity index (χ1n) is 6.14. The van der Waals surface area contributed by atoms with Gasteiger partial charge in [-0.05, 0) is 24.3 Å². The predicted molar refractivity (Wildman–Crippen MR) is 74.0 cm³/mol. The Hall–Kier alpha value is -2.36. The molecule has 0 N–H and O–H groups in total. The van der Waals surface area contributed by atoms with Crippen LogP contribution in [0.3, 0.4) is 0 Å². The van der Waals surface area contributed by atoms with E-state index in [0.29, 0.717) is 11.3 Å². The maximum Gasteiger partial charge on any atom is 0.167 e. The van der Waals surface area contributed by atoms with Gasteiger partial charge in [0.15, 0.2) is 17.3 Å². The van der Waals surface area contributed by atoms with Crippen LogP contribution in [0, 0.1) is 5.82 Å². The molecule has 0 atom stereocenters. The lowest BCUT2D eigenvalue weighted by atomic mass is 10.0. The second-order valence-electron chi connectivity index (χ2n) is 4.26. The molecule has 0 aromatic heterocycles. The monoisotopic (exact) mass is 274 g/mol. The number of carbonyl (C=O) groups excluding carboxylic acids is 1. The smallest absolute Gasteiger partial charge is 0.167 e. The van der Waals surface area contributed by atoms with Crippen LogP contribution < -0.4 is 9.47 Å². The van der Waals surface area contributed by atoms with Crippen LogP contribution >= 0.6 is 0 Å². The van der Waals surface area contributed by atoms with Crippen molar-refractivity contribution in [3.63, 3.8) is 0 Å². The van der Waals surface area contributed by atoms with Crippen molar-refractivity contribution in [3.8, 4) is 11.5 Å². The Kier molecular flexibility index (Phi) is 4.35. The normalized spacial score (nSPS) is 10.2. The fraction of sp³-hybridized carbons (Fsp3) is 0.188. The van der Waals surface area contributed by atoms with Crippen molar-refractivity contribution >= 4 is 5.78 Å². The van der Waals surface area contributed by atoms with E-state index in [4.69, 9.17) is 9.47 Å². The summed E-state index contributed by atoms with van der Waals surface area (Å²) in [5.41, 5.74) is 1.21. The molecule has 0 unspecified atom stereocenters. The number of benzene rings is 2. The zero-order valence-electron chi connectivity index (χ0n) is 11.4. The quantitative estimate of drug-likeness (QED) is 0.785. The summed E-state index contributed by atoms with van der Waals surface area (Å²) < 4.78 is 23.4. The van der Waals surface area contributed by atoms with E-state index in [1.54, 1.807) is 13.2 Å². The summed E-state index contributed by atoms with van der Waals surface area (Å²) >= 11 is 0. The number of hydrogen-bond acceptors (Lipinski definition) is 3. The molecule has 0 saturated carbocycles. The molecule has 0 bridgehead atoms. The number of ketones is 1. The number of para-hydroxylation sites is 1. The van der Waals surface area contributed by atoms with Crippen molar-refractivity contribution in [2.24, 2.45) is 0 Å². The molecular weight excluding hydrogens is 259 g/mol. The maximum absolute atomic E-state index is 13.3. The van der Waals surface area contributed by atoms with Crippen LogP contribution in [0.5, 0.6) is 11.5 Å². The largest absolute Gasteiger partial charge is 0.496 e. The molecule has 0 fully saturated rings. The number of halogens is 1. The molecule has 2 rings (SSSR count). The first kappa shape index (κ1) is 14.1. The van der Waals surface area contributed by atoms with Gasteiger partial charge in [-0.25, -0.2) is 4.39 Å². The van der Waals surface area contributed by atoms with E-state index in [9.17, 15) is 9.18 Å². The molecule has 0 spiro atoms. The lowest BCUT2D eigenvalue weighted by Crippen LogP contribution is -2.05. The molecule has 20 heavy (non-hydrogen) atoms. The van der Waals surface area contributed by atoms with Crippen molar-refractivity contribution in [2.75, 3.05) is 14.2 Å². The third-order valence-corrected chi connectivity index (χ3v) is 3.02. The average Bonchev–Trinajstić information content (AvgIpc) is 2.48. The SMILES string of the molecule is COc1cc(C(=O)Cc2ccccc2OC)ccc1F. The third kappa shape index (κ3) is 2.96. The Labute approximate surface area is 117 Å². The van der Waals surface area contributed by atoms with Gasteiger partial charge in [-0.1, -0.05) is 18.2 Å². The van der Waals surface area contributed by atoms with E-state index in [2.05, 4.69) is 0 Å². The van der Waals surface area contributed by atoms with Gasteiger partial charge in [-0.15, -0.1) is 0 Å². The lowest BCUT2D eigenvalue weighted by molar-refractivity contribution is 0.0991. The summed E-state index contributed by atoms with van der Waals surface area (Å²) in [5.74, 6) is 0.125. The summed E-state index contributed by atoms with van der Waals surface area (Å²) in [7, 11) is 2.93. The summed E-state index contributed by atoms with van der Waals surface area (Å²) in [6, 6.07) is 11.4. The molecule has 2 aromatic carbocycles. The molecule has 0 radical (unpaired) electrons. The molecule has 0 saturated heterocycles. The molecule has 0 aliphatic rings. The minimum Gasteiger partial charge on any atom is -0.496 e. The van der Waals surface area contributed by atoms with Crippen LogP contribution in [-0.4, -0.2) is 20.0 Å². The second kappa shape index (κ2) is 6.19. The highest BCUT2D eigenvalue weighted by Gasteiger charge is 2.13. The van der Waals surface area contributed by atoms with Crippen molar-refractivity contribution in [2.45, 2.75) is 6.42 Å². The number of rotatable bonds is 5. The summed E-state index contributed by atoms with van der Waals surface area (Å²) in [6.07, 6.45) is 0.193. The van der Waals surface area contributed by atoms with Crippen LogP contribution in [0.2, 0.25) is 0 Å². The van der Waals surface area contributed by atoms with Gasteiger partial charge in [0.05, 0.1) is 14.2 Å². The topological polar surface area (TPSA) is 35.5 Å². The number of ether oxygens (including phenoxy) is 2. The van der Waals surface area contributed by atoms with Crippen molar-refractivity contribution in [3.05, 3.63) is 59.4 Å². The zero-order chi connectivity index (χ0) is 14.5. The number of hydrogen-bond donors (Lipinski definition) is 0. The van der Waals surface area contributed by atoms with Crippen LogP contribution in [0.15, 0.2) is 42.5 Å². The molecule has 2 aromatic rings. The Morgan fingerprint density at radius 3 is 2.45 bits per heavy atom. The first-order valence-corrected chi connectivity index (χ1v) is 6.14. The van der Waals surface area contributed by atoms with E-state index in [0.717, 1.165) is 5.56 Å². The molecule has 0 aliphatic heterocycles. The van der Waals surface area contributed by atoms with Gasteiger partial charge in [-0.3, -0.25) is 4.79 Å². The van der Waals surface area contributed by atoms with E-state index in [1.807, 2.05) is 18.2 Å². The Bertz CT molecular complexity index is 623. The Morgan fingerprint density at radius 2 is 1.75 bits per heavy atom. The van der Waals surface area contributed by atoms with Crippen molar-refractivity contribution < 1.29 is 18.7 Å². The van der Waals surface area contributed by atoms with Crippen LogP contribution in [0.25, 0.3) is 0 Å². The minimum absolute atomic E-state index is 0.0656. The predicted octanol–water partition coefficient (Wildman–Crippen LogP) is 3.27. The highest BCUT2D eigenvalue weighted by Crippen LogP contribution is 2.22. The number of carbonyl (C=O) groups is 1. The molecule has 3 nitrogen and oxygen atoms in total. The van der Waals surface area contributed by atoms with Gasteiger partial charge in [0.2, 0.25) is 0 Å².